The Balaban J connectivity index is 1.71. The van der Waals surface area contributed by atoms with Gasteiger partial charge in [0.1, 0.15) is 6.61 Å². The van der Waals surface area contributed by atoms with Crippen LogP contribution in [0.3, 0.4) is 0 Å². The number of carbonyl (C=O) groups is 1. The monoisotopic (exact) mass is 232 g/mol. The number of carbonyl (C=O) groups excluding carboxylic acids is 1. The number of hydrogen-bond donors (Lipinski definition) is 1. The van der Waals surface area contributed by atoms with Crippen molar-refractivity contribution in [3.05, 3.63) is 48.3 Å². The molecule has 5 nitrogen and oxygen atoms in total. The summed E-state index contributed by atoms with van der Waals surface area (Å²) in [5.41, 5.74) is 0.948. The van der Waals surface area contributed by atoms with Crippen molar-refractivity contribution in [1.29, 1.82) is 0 Å². The van der Waals surface area contributed by atoms with E-state index in [1.807, 2.05) is 30.3 Å². The number of nitrogens with one attached hydrogen (secondary N) is 1. The molecule has 5 heteroatoms. The van der Waals surface area contributed by atoms with Gasteiger partial charge in [-0.05, 0) is 5.56 Å². The molecule has 0 radical (unpaired) electrons. The summed E-state index contributed by atoms with van der Waals surface area (Å²) in [6.45, 7) is 0.140. The van der Waals surface area contributed by atoms with Gasteiger partial charge in [0.2, 0.25) is 0 Å². The molecular weight excluding hydrogens is 220 g/mol. The second-order valence-electron chi connectivity index (χ2n) is 3.37. The van der Waals surface area contributed by atoms with Crippen LogP contribution >= 0.6 is 0 Å². The summed E-state index contributed by atoms with van der Waals surface area (Å²) in [6.07, 6.45) is 3.05. The summed E-state index contributed by atoms with van der Waals surface area (Å²) in [4.78, 5) is 11.3. The lowest BCUT2D eigenvalue weighted by Gasteiger charge is -2.05. The minimum Gasteiger partial charge on any atom is -0.479 e. The van der Waals surface area contributed by atoms with Crippen molar-refractivity contribution in [1.82, 2.24) is 10.2 Å². The topological polar surface area (TPSA) is 64.2 Å². The molecule has 1 aromatic heterocycles. The van der Waals surface area contributed by atoms with Crippen molar-refractivity contribution in [3.63, 3.8) is 0 Å². The van der Waals surface area contributed by atoms with Crippen LogP contribution in [0.2, 0.25) is 0 Å². The number of rotatable bonds is 5. The van der Waals surface area contributed by atoms with Gasteiger partial charge in [0.25, 0.3) is 0 Å². The third-order valence-corrected chi connectivity index (χ3v) is 2.07. The van der Waals surface area contributed by atoms with Gasteiger partial charge in [0.05, 0.1) is 12.4 Å². The van der Waals surface area contributed by atoms with E-state index in [1.165, 1.54) is 6.20 Å². The van der Waals surface area contributed by atoms with E-state index >= 15 is 0 Å². The van der Waals surface area contributed by atoms with E-state index < -0.39 is 5.97 Å². The van der Waals surface area contributed by atoms with Crippen molar-refractivity contribution in [3.8, 4) is 5.75 Å². The summed E-state index contributed by atoms with van der Waals surface area (Å²) >= 11 is 0. The van der Waals surface area contributed by atoms with Crippen LogP contribution in [0.1, 0.15) is 5.56 Å². The molecule has 1 N–H and O–H groups in total. The van der Waals surface area contributed by atoms with E-state index in [2.05, 4.69) is 10.2 Å². The fourth-order valence-corrected chi connectivity index (χ4v) is 1.24. The van der Waals surface area contributed by atoms with Gasteiger partial charge >= 0.3 is 5.97 Å². The van der Waals surface area contributed by atoms with E-state index in [-0.39, 0.29) is 13.2 Å². The Labute approximate surface area is 98.4 Å². The van der Waals surface area contributed by atoms with Crippen molar-refractivity contribution in [2.45, 2.75) is 6.61 Å². The minimum atomic E-state index is -0.407. The smallest absolute Gasteiger partial charge is 0.344 e. The van der Waals surface area contributed by atoms with Gasteiger partial charge in [0.15, 0.2) is 12.4 Å². The highest BCUT2D eigenvalue weighted by molar-refractivity contribution is 5.71. The molecule has 0 aliphatic heterocycles. The summed E-state index contributed by atoms with van der Waals surface area (Å²) in [6, 6.07) is 9.48. The summed E-state index contributed by atoms with van der Waals surface area (Å²) in [5.74, 6) is 0.108. The van der Waals surface area contributed by atoms with Crippen LogP contribution in [-0.2, 0) is 16.1 Å². The molecule has 0 unspecified atom stereocenters. The van der Waals surface area contributed by atoms with Crippen LogP contribution in [0.5, 0.6) is 5.75 Å². The maximum atomic E-state index is 11.3. The third kappa shape index (κ3) is 3.64. The van der Waals surface area contributed by atoms with Gasteiger partial charge in [-0.2, -0.15) is 5.10 Å². The van der Waals surface area contributed by atoms with Crippen LogP contribution in [-0.4, -0.2) is 22.8 Å². The molecular formula is C12H12N2O3. The maximum absolute atomic E-state index is 11.3. The molecule has 2 rings (SSSR count). The number of H-pyrrole nitrogens is 1. The molecule has 0 atom stereocenters. The van der Waals surface area contributed by atoms with Gasteiger partial charge in [0, 0.05) is 0 Å². The Hall–Kier alpha value is -2.30. The Kier molecular flexibility index (Phi) is 3.75. The Bertz CT molecular complexity index is 454. The molecule has 0 fully saturated rings. The Morgan fingerprint density at radius 2 is 2.12 bits per heavy atom. The van der Waals surface area contributed by atoms with Crippen LogP contribution in [0, 0.1) is 0 Å². The van der Waals surface area contributed by atoms with Gasteiger partial charge < -0.3 is 9.47 Å². The Morgan fingerprint density at radius 3 is 2.82 bits per heavy atom. The number of aromatic amines is 1. The average Bonchev–Trinajstić information content (AvgIpc) is 2.88. The molecule has 0 saturated heterocycles. The van der Waals surface area contributed by atoms with Gasteiger partial charge in [-0.1, -0.05) is 30.3 Å². The molecule has 0 spiro atoms. The first-order chi connectivity index (χ1) is 8.34. The number of esters is 1. The number of benzene rings is 1. The second kappa shape index (κ2) is 5.69. The third-order valence-electron chi connectivity index (χ3n) is 2.07. The zero-order valence-electron chi connectivity index (χ0n) is 9.13. The Morgan fingerprint density at radius 1 is 1.29 bits per heavy atom. The van der Waals surface area contributed by atoms with Crippen LogP contribution in [0.15, 0.2) is 42.7 Å². The summed E-state index contributed by atoms with van der Waals surface area (Å²) < 4.78 is 10.2. The van der Waals surface area contributed by atoms with Crippen LogP contribution in [0.25, 0.3) is 0 Å². The normalized spacial score (nSPS) is 9.88. The van der Waals surface area contributed by atoms with Crippen molar-refractivity contribution in [2.24, 2.45) is 0 Å². The molecule has 0 amide bonds. The maximum Gasteiger partial charge on any atom is 0.344 e. The highest BCUT2D eigenvalue weighted by Gasteiger charge is 2.04. The lowest BCUT2D eigenvalue weighted by atomic mass is 10.2. The van der Waals surface area contributed by atoms with Gasteiger partial charge in [-0.15, -0.1) is 0 Å². The standard InChI is InChI=1S/C12H12N2O3/c15-12(9-16-11-6-13-14-7-11)17-8-10-4-2-1-3-5-10/h1-7H,8-9H2,(H,13,14). The fourth-order valence-electron chi connectivity index (χ4n) is 1.24. The largest absolute Gasteiger partial charge is 0.479 e. The SMILES string of the molecule is O=C(COc1cn[nH]c1)OCc1ccccc1. The van der Waals surface area contributed by atoms with E-state index in [0.29, 0.717) is 5.75 Å². The number of ether oxygens (including phenoxy) is 2. The first-order valence-electron chi connectivity index (χ1n) is 5.16. The van der Waals surface area contributed by atoms with Gasteiger partial charge in [-0.25, -0.2) is 4.79 Å². The van der Waals surface area contributed by atoms with Crippen molar-refractivity contribution >= 4 is 5.97 Å². The van der Waals surface area contributed by atoms with Gasteiger partial charge in [-0.3, -0.25) is 5.10 Å². The molecule has 1 aromatic carbocycles. The highest BCUT2D eigenvalue weighted by Crippen LogP contribution is 2.05. The number of hydrogen-bond acceptors (Lipinski definition) is 4. The molecule has 88 valence electrons. The van der Waals surface area contributed by atoms with E-state index in [0.717, 1.165) is 5.56 Å². The first kappa shape index (κ1) is 11.2. The van der Waals surface area contributed by atoms with E-state index in [1.54, 1.807) is 6.20 Å². The molecule has 17 heavy (non-hydrogen) atoms. The summed E-state index contributed by atoms with van der Waals surface area (Å²) in [7, 11) is 0. The average molecular weight is 232 g/mol. The quantitative estimate of drug-likeness (QED) is 0.794. The predicted octanol–water partition coefficient (Wildman–Crippen LogP) is 1.53. The molecule has 0 aliphatic rings. The van der Waals surface area contributed by atoms with E-state index in [9.17, 15) is 4.79 Å². The molecule has 1 heterocycles. The van der Waals surface area contributed by atoms with Crippen LogP contribution in [0.4, 0.5) is 0 Å². The zero-order chi connectivity index (χ0) is 11.9. The fraction of sp³-hybridized carbons (Fsp3) is 0.167. The predicted molar refractivity (Wildman–Crippen MR) is 60.3 cm³/mol. The lowest BCUT2D eigenvalue weighted by molar-refractivity contribution is -0.147. The highest BCUT2D eigenvalue weighted by atomic mass is 16.6. The lowest BCUT2D eigenvalue weighted by Crippen LogP contribution is -2.14. The number of aromatic nitrogens is 2. The molecule has 0 aliphatic carbocycles. The van der Waals surface area contributed by atoms with E-state index in [4.69, 9.17) is 9.47 Å². The molecule has 2 aromatic rings. The van der Waals surface area contributed by atoms with Crippen molar-refractivity contribution < 1.29 is 14.3 Å². The minimum absolute atomic E-state index is 0.119. The summed E-state index contributed by atoms with van der Waals surface area (Å²) in [5, 5.41) is 6.28. The molecule has 0 saturated carbocycles. The molecule has 0 bridgehead atoms. The van der Waals surface area contributed by atoms with Crippen molar-refractivity contribution in [2.75, 3.05) is 6.61 Å². The van der Waals surface area contributed by atoms with Crippen LogP contribution < -0.4 is 4.74 Å². The zero-order valence-corrected chi connectivity index (χ0v) is 9.13. The second-order valence-corrected chi connectivity index (χ2v) is 3.37. The first-order valence-corrected chi connectivity index (χ1v) is 5.16. The number of nitrogens with zero attached hydrogens (tertiary/aromatic N) is 1.